The fourth-order valence-electron chi connectivity index (χ4n) is 1.81. The SMILES string of the molecule is CCNC(=NCC(C)Oc1ccc(OC)cc1)NC(C)(C)C. The fraction of sp³-hybridized carbons (Fsp3) is 0.588. The lowest BCUT2D eigenvalue weighted by Crippen LogP contribution is -2.47. The predicted molar refractivity (Wildman–Crippen MR) is 92.0 cm³/mol. The zero-order valence-corrected chi connectivity index (χ0v) is 14.6. The van der Waals surface area contributed by atoms with E-state index in [9.17, 15) is 0 Å². The highest BCUT2D eigenvalue weighted by Gasteiger charge is 2.12. The summed E-state index contributed by atoms with van der Waals surface area (Å²) >= 11 is 0. The van der Waals surface area contributed by atoms with E-state index in [4.69, 9.17) is 9.47 Å². The average Bonchev–Trinajstić information content (AvgIpc) is 2.44. The molecule has 5 heteroatoms. The number of hydrogen-bond acceptors (Lipinski definition) is 3. The summed E-state index contributed by atoms with van der Waals surface area (Å²) in [5.41, 5.74) is -0.0267. The Morgan fingerprint density at radius 3 is 2.27 bits per heavy atom. The van der Waals surface area contributed by atoms with E-state index in [0.717, 1.165) is 24.0 Å². The van der Waals surface area contributed by atoms with Crippen LogP contribution in [0.4, 0.5) is 0 Å². The van der Waals surface area contributed by atoms with Gasteiger partial charge in [-0.05, 0) is 58.9 Å². The van der Waals surface area contributed by atoms with E-state index in [1.165, 1.54) is 0 Å². The summed E-state index contributed by atoms with van der Waals surface area (Å²) in [5, 5.41) is 6.60. The van der Waals surface area contributed by atoms with Crippen LogP contribution in [0, 0.1) is 0 Å². The highest BCUT2D eigenvalue weighted by Crippen LogP contribution is 2.18. The van der Waals surface area contributed by atoms with E-state index in [0.29, 0.717) is 6.54 Å². The number of guanidine groups is 1. The van der Waals surface area contributed by atoms with Gasteiger partial charge in [0.15, 0.2) is 5.96 Å². The summed E-state index contributed by atoms with van der Waals surface area (Å²) < 4.78 is 11.0. The van der Waals surface area contributed by atoms with Crippen molar-refractivity contribution in [1.82, 2.24) is 10.6 Å². The van der Waals surface area contributed by atoms with Gasteiger partial charge in [-0.3, -0.25) is 0 Å². The van der Waals surface area contributed by atoms with Crippen LogP contribution in [-0.2, 0) is 0 Å². The summed E-state index contributed by atoms with van der Waals surface area (Å²) in [6, 6.07) is 7.57. The van der Waals surface area contributed by atoms with Gasteiger partial charge in [0.25, 0.3) is 0 Å². The third kappa shape index (κ3) is 7.20. The lowest BCUT2D eigenvalue weighted by molar-refractivity contribution is 0.230. The first-order chi connectivity index (χ1) is 10.3. The molecule has 0 aliphatic rings. The summed E-state index contributed by atoms with van der Waals surface area (Å²) in [7, 11) is 1.65. The second-order valence-electron chi connectivity index (χ2n) is 6.20. The van der Waals surface area contributed by atoms with Gasteiger partial charge in [0.2, 0.25) is 0 Å². The first kappa shape index (κ1) is 18.1. The summed E-state index contributed by atoms with van der Waals surface area (Å²) in [5.74, 6) is 2.44. The molecule has 0 spiro atoms. The molecular weight excluding hydrogens is 278 g/mol. The Morgan fingerprint density at radius 1 is 1.18 bits per heavy atom. The maximum atomic E-state index is 5.85. The molecule has 0 aliphatic carbocycles. The largest absolute Gasteiger partial charge is 0.497 e. The van der Waals surface area contributed by atoms with Gasteiger partial charge in [0, 0.05) is 12.1 Å². The minimum Gasteiger partial charge on any atom is -0.497 e. The molecule has 1 unspecified atom stereocenters. The number of rotatable bonds is 6. The maximum absolute atomic E-state index is 5.85. The lowest BCUT2D eigenvalue weighted by Gasteiger charge is -2.24. The van der Waals surface area contributed by atoms with E-state index in [2.05, 4.69) is 43.3 Å². The third-order valence-corrected chi connectivity index (χ3v) is 2.74. The van der Waals surface area contributed by atoms with Crippen LogP contribution < -0.4 is 20.1 Å². The minimum absolute atomic E-state index is 0.0104. The second kappa shape index (κ2) is 8.51. The van der Waals surface area contributed by atoms with Crippen LogP contribution in [0.5, 0.6) is 11.5 Å². The smallest absolute Gasteiger partial charge is 0.191 e. The van der Waals surface area contributed by atoms with E-state index in [1.807, 2.05) is 31.2 Å². The van der Waals surface area contributed by atoms with E-state index in [-0.39, 0.29) is 11.6 Å². The highest BCUT2D eigenvalue weighted by molar-refractivity contribution is 5.80. The number of nitrogens with zero attached hydrogens (tertiary/aromatic N) is 1. The van der Waals surface area contributed by atoms with Gasteiger partial charge in [-0.25, -0.2) is 4.99 Å². The monoisotopic (exact) mass is 307 g/mol. The Kier molecular flexibility index (Phi) is 7.02. The van der Waals surface area contributed by atoms with Crippen LogP contribution in [0.2, 0.25) is 0 Å². The number of nitrogens with one attached hydrogen (secondary N) is 2. The molecule has 0 aliphatic heterocycles. The number of ether oxygens (including phenoxy) is 2. The van der Waals surface area contributed by atoms with Gasteiger partial charge in [-0.1, -0.05) is 0 Å². The molecule has 0 heterocycles. The van der Waals surface area contributed by atoms with Crippen molar-refractivity contribution < 1.29 is 9.47 Å². The van der Waals surface area contributed by atoms with Gasteiger partial charge >= 0.3 is 0 Å². The number of aliphatic imine (C=N–C) groups is 1. The molecular formula is C17H29N3O2. The van der Waals surface area contributed by atoms with Crippen LogP contribution in [0.3, 0.4) is 0 Å². The van der Waals surface area contributed by atoms with Gasteiger partial charge in [-0.15, -0.1) is 0 Å². The minimum atomic E-state index is -0.0267. The molecule has 0 fully saturated rings. The Labute approximate surface area is 134 Å². The Bertz CT molecular complexity index is 464. The maximum Gasteiger partial charge on any atom is 0.191 e. The summed E-state index contributed by atoms with van der Waals surface area (Å²) in [4.78, 5) is 4.57. The molecule has 0 radical (unpaired) electrons. The first-order valence-corrected chi connectivity index (χ1v) is 7.71. The van der Waals surface area contributed by atoms with Gasteiger partial charge in [0.1, 0.15) is 17.6 Å². The molecule has 1 rings (SSSR count). The zero-order chi connectivity index (χ0) is 16.6. The number of hydrogen-bond donors (Lipinski definition) is 2. The molecule has 1 aromatic rings. The second-order valence-corrected chi connectivity index (χ2v) is 6.20. The molecule has 0 saturated heterocycles. The standard InChI is InChI=1S/C17H29N3O2/c1-7-18-16(20-17(3,4)5)19-12-13(2)22-15-10-8-14(21-6)9-11-15/h8-11,13H,7,12H2,1-6H3,(H2,18,19,20). The van der Waals surface area contributed by atoms with E-state index in [1.54, 1.807) is 7.11 Å². The molecule has 0 bridgehead atoms. The molecule has 124 valence electrons. The van der Waals surface area contributed by atoms with Gasteiger partial charge in [0.05, 0.1) is 13.7 Å². The Balaban J connectivity index is 2.57. The van der Waals surface area contributed by atoms with Crippen LogP contribution in [0.25, 0.3) is 0 Å². The first-order valence-electron chi connectivity index (χ1n) is 7.71. The van der Waals surface area contributed by atoms with Crippen molar-refractivity contribution in [1.29, 1.82) is 0 Å². The van der Waals surface area contributed by atoms with Crippen LogP contribution >= 0.6 is 0 Å². The van der Waals surface area contributed by atoms with Gasteiger partial charge in [-0.2, -0.15) is 0 Å². The number of methoxy groups -OCH3 is 1. The van der Waals surface area contributed by atoms with Crippen molar-refractivity contribution >= 4 is 5.96 Å². The van der Waals surface area contributed by atoms with Crippen molar-refractivity contribution in [3.05, 3.63) is 24.3 Å². The van der Waals surface area contributed by atoms with Crippen LogP contribution in [-0.4, -0.2) is 37.8 Å². The molecule has 22 heavy (non-hydrogen) atoms. The summed E-state index contributed by atoms with van der Waals surface area (Å²) in [6.07, 6.45) is -0.0104. The fourth-order valence-corrected chi connectivity index (χ4v) is 1.81. The molecule has 2 N–H and O–H groups in total. The molecule has 0 saturated carbocycles. The quantitative estimate of drug-likeness (QED) is 0.627. The van der Waals surface area contributed by atoms with Crippen LogP contribution in [0.1, 0.15) is 34.6 Å². The van der Waals surface area contributed by atoms with E-state index >= 15 is 0 Å². The lowest BCUT2D eigenvalue weighted by atomic mass is 10.1. The van der Waals surface area contributed by atoms with Crippen molar-refractivity contribution in [2.24, 2.45) is 4.99 Å². The summed E-state index contributed by atoms with van der Waals surface area (Å²) in [6.45, 7) is 11.8. The highest BCUT2D eigenvalue weighted by atomic mass is 16.5. The number of benzene rings is 1. The Morgan fingerprint density at radius 2 is 1.77 bits per heavy atom. The Hall–Kier alpha value is -1.91. The molecule has 1 atom stereocenters. The normalized spacial score (nSPS) is 13.5. The molecule has 0 amide bonds. The predicted octanol–water partition coefficient (Wildman–Crippen LogP) is 2.82. The van der Waals surface area contributed by atoms with Crippen molar-refractivity contribution in [2.45, 2.75) is 46.3 Å². The van der Waals surface area contributed by atoms with Crippen LogP contribution in [0.15, 0.2) is 29.3 Å². The van der Waals surface area contributed by atoms with Gasteiger partial charge < -0.3 is 20.1 Å². The molecule has 1 aromatic carbocycles. The average molecular weight is 307 g/mol. The molecule has 0 aromatic heterocycles. The topological polar surface area (TPSA) is 54.9 Å². The van der Waals surface area contributed by atoms with Crippen molar-refractivity contribution in [3.8, 4) is 11.5 Å². The zero-order valence-electron chi connectivity index (χ0n) is 14.6. The van der Waals surface area contributed by atoms with E-state index < -0.39 is 0 Å². The third-order valence-electron chi connectivity index (χ3n) is 2.74. The molecule has 5 nitrogen and oxygen atoms in total. The van der Waals surface area contributed by atoms with Crippen molar-refractivity contribution in [2.75, 3.05) is 20.2 Å². The van der Waals surface area contributed by atoms with Crippen molar-refractivity contribution in [3.63, 3.8) is 0 Å².